The highest BCUT2D eigenvalue weighted by atomic mass is 32.2. The first-order valence-corrected chi connectivity index (χ1v) is 12.4. The van der Waals surface area contributed by atoms with Gasteiger partial charge in [-0.15, -0.1) is 0 Å². The summed E-state index contributed by atoms with van der Waals surface area (Å²) in [6.07, 6.45) is 0. The lowest BCUT2D eigenvalue weighted by atomic mass is 10.0. The van der Waals surface area contributed by atoms with Gasteiger partial charge in [-0.1, -0.05) is 26.0 Å². The summed E-state index contributed by atoms with van der Waals surface area (Å²) in [6.45, 7) is 9.94. The molecule has 0 spiro atoms. The number of piperazine rings is 1. The van der Waals surface area contributed by atoms with Gasteiger partial charge >= 0.3 is 5.97 Å². The van der Waals surface area contributed by atoms with E-state index in [2.05, 4.69) is 10.2 Å². The van der Waals surface area contributed by atoms with E-state index in [-0.39, 0.29) is 11.9 Å². The summed E-state index contributed by atoms with van der Waals surface area (Å²) in [4.78, 5) is 23.8. The fraction of sp³-hybridized carbons (Fsp3) is 0.591. The zero-order chi connectivity index (χ0) is 23.5. The average molecular weight is 464 g/mol. The SMILES string of the molecule is COC(=O)[C@@H](Nc1nc(CN2CCN(S(=O)(=O)C(C)C)CC2)nc2ccccc12)C(C)C. The molecule has 0 saturated carbocycles. The molecule has 1 atom stereocenters. The number of aromatic nitrogens is 2. The van der Waals surface area contributed by atoms with Crippen LogP contribution in [0.25, 0.3) is 10.9 Å². The van der Waals surface area contributed by atoms with Crippen LogP contribution in [0.2, 0.25) is 0 Å². The zero-order valence-electron chi connectivity index (χ0n) is 19.4. The number of anilines is 1. The molecule has 0 unspecified atom stereocenters. The third-order valence-electron chi connectivity index (χ3n) is 5.72. The molecular formula is C22H33N5O4S. The minimum atomic E-state index is -3.24. The number of hydrogen-bond donors (Lipinski definition) is 1. The van der Waals surface area contributed by atoms with Gasteiger partial charge in [0.2, 0.25) is 10.0 Å². The lowest BCUT2D eigenvalue weighted by molar-refractivity contribution is -0.142. The van der Waals surface area contributed by atoms with E-state index >= 15 is 0 Å². The van der Waals surface area contributed by atoms with Crippen LogP contribution in [0, 0.1) is 5.92 Å². The number of nitrogens with one attached hydrogen (secondary N) is 1. The number of fused-ring (bicyclic) bond motifs is 1. The normalized spacial score (nSPS) is 17.1. The average Bonchev–Trinajstić information content (AvgIpc) is 2.76. The fourth-order valence-electron chi connectivity index (χ4n) is 3.72. The molecule has 1 N–H and O–H groups in total. The second kappa shape index (κ2) is 10.1. The molecule has 0 bridgehead atoms. The first-order chi connectivity index (χ1) is 15.1. The molecule has 0 aliphatic carbocycles. The Labute approximate surface area is 190 Å². The number of esters is 1. The smallest absolute Gasteiger partial charge is 0.328 e. The van der Waals surface area contributed by atoms with Crippen LogP contribution in [0.4, 0.5) is 5.82 Å². The molecule has 10 heteroatoms. The van der Waals surface area contributed by atoms with E-state index in [0.717, 1.165) is 10.9 Å². The van der Waals surface area contributed by atoms with Crippen LogP contribution in [-0.2, 0) is 26.1 Å². The van der Waals surface area contributed by atoms with E-state index in [9.17, 15) is 13.2 Å². The molecular weight excluding hydrogens is 430 g/mol. The molecule has 9 nitrogen and oxygen atoms in total. The molecule has 1 saturated heterocycles. The van der Waals surface area contributed by atoms with Crippen molar-refractivity contribution in [3.63, 3.8) is 0 Å². The first kappa shape index (κ1) is 24.3. The quantitative estimate of drug-likeness (QED) is 0.594. The monoisotopic (exact) mass is 463 g/mol. The Morgan fingerprint density at radius 3 is 2.34 bits per heavy atom. The molecule has 1 aromatic carbocycles. The number of sulfonamides is 1. The van der Waals surface area contributed by atoms with Crippen LogP contribution in [0.15, 0.2) is 24.3 Å². The molecule has 3 rings (SSSR count). The Morgan fingerprint density at radius 2 is 1.75 bits per heavy atom. The Hall–Kier alpha value is -2.30. The van der Waals surface area contributed by atoms with Crippen molar-refractivity contribution in [1.82, 2.24) is 19.2 Å². The van der Waals surface area contributed by atoms with Crippen LogP contribution in [0.5, 0.6) is 0 Å². The Balaban J connectivity index is 1.81. The third kappa shape index (κ3) is 5.36. The first-order valence-electron chi connectivity index (χ1n) is 10.9. The van der Waals surface area contributed by atoms with Crippen LogP contribution in [0.3, 0.4) is 0 Å². The van der Waals surface area contributed by atoms with Gasteiger partial charge in [0.15, 0.2) is 0 Å². The van der Waals surface area contributed by atoms with Crippen molar-refractivity contribution in [2.24, 2.45) is 5.92 Å². The number of rotatable bonds is 8. The Morgan fingerprint density at radius 1 is 1.09 bits per heavy atom. The highest BCUT2D eigenvalue weighted by Crippen LogP contribution is 2.23. The second-order valence-electron chi connectivity index (χ2n) is 8.66. The minimum Gasteiger partial charge on any atom is -0.467 e. The zero-order valence-corrected chi connectivity index (χ0v) is 20.2. The van der Waals surface area contributed by atoms with Gasteiger partial charge in [-0.25, -0.2) is 23.2 Å². The topological polar surface area (TPSA) is 105 Å². The Kier molecular flexibility index (Phi) is 7.68. The van der Waals surface area contributed by atoms with Crippen LogP contribution in [-0.4, -0.2) is 78.1 Å². The van der Waals surface area contributed by atoms with Crippen LogP contribution >= 0.6 is 0 Å². The maximum atomic E-state index is 12.4. The number of hydrogen-bond acceptors (Lipinski definition) is 8. The predicted octanol–water partition coefficient (Wildman–Crippen LogP) is 2.10. The highest BCUT2D eigenvalue weighted by molar-refractivity contribution is 7.89. The molecule has 1 aliphatic rings. The van der Waals surface area contributed by atoms with E-state index in [0.29, 0.717) is 44.4 Å². The summed E-state index contributed by atoms with van der Waals surface area (Å²) in [5, 5.41) is 3.67. The van der Waals surface area contributed by atoms with Crippen molar-refractivity contribution in [1.29, 1.82) is 0 Å². The van der Waals surface area contributed by atoms with Gasteiger partial charge in [0.25, 0.3) is 0 Å². The maximum Gasteiger partial charge on any atom is 0.328 e. The largest absolute Gasteiger partial charge is 0.467 e. The fourth-order valence-corrected chi connectivity index (χ4v) is 4.99. The number of carbonyl (C=O) groups excluding carboxylic acids is 1. The highest BCUT2D eigenvalue weighted by Gasteiger charge is 2.30. The maximum absolute atomic E-state index is 12.4. The van der Waals surface area contributed by atoms with Crippen molar-refractivity contribution in [2.75, 3.05) is 38.6 Å². The summed E-state index contributed by atoms with van der Waals surface area (Å²) >= 11 is 0. The predicted molar refractivity (Wildman–Crippen MR) is 125 cm³/mol. The van der Waals surface area contributed by atoms with Crippen LogP contribution < -0.4 is 5.32 Å². The Bertz CT molecular complexity index is 1050. The third-order valence-corrected chi connectivity index (χ3v) is 7.99. The van der Waals surface area contributed by atoms with Crippen molar-refractivity contribution >= 4 is 32.7 Å². The summed E-state index contributed by atoms with van der Waals surface area (Å²) in [7, 11) is -1.87. The van der Waals surface area contributed by atoms with Crippen molar-refractivity contribution < 1.29 is 17.9 Å². The van der Waals surface area contributed by atoms with Crippen LogP contribution in [0.1, 0.15) is 33.5 Å². The van der Waals surface area contributed by atoms with Gasteiger partial charge in [0.1, 0.15) is 17.7 Å². The molecule has 1 aliphatic heterocycles. The molecule has 2 aromatic rings. The molecule has 2 heterocycles. The number of carbonyl (C=O) groups is 1. The number of para-hydroxylation sites is 1. The molecule has 0 radical (unpaired) electrons. The van der Waals surface area contributed by atoms with Gasteiger partial charge in [0, 0.05) is 31.6 Å². The van der Waals surface area contributed by atoms with Gasteiger partial charge in [-0.2, -0.15) is 4.31 Å². The van der Waals surface area contributed by atoms with E-state index in [4.69, 9.17) is 14.7 Å². The van der Waals surface area contributed by atoms with Gasteiger partial charge in [-0.3, -0.25) is 4.90 Å². The van der Waals surface area contributed by atoms with E-state index in [1.807, 2.05) is 38.1 Å². The minimum absolute atomic E-state index is 0.00983. The molecule has 32 heavy (non-hydrogen) atoms. The summed E-state index contributed by atoms with van der Waals surface area (Å²) in [5.41, 5.74) is 0.786. The second-order valence-corrected chi connectivity index (χ2v) is 11.2. The van der Waals surface area contributed by atoms with E-state index in [1.54, 1.807) is 18.2 Å². The number of methoxy groups -OCH3 is 1. The van der Waals surface area contributed by atoms with E-state index in [1.165, 1.54) is 7.11 Å². The van der Waals surface area contributed by atoms with Crippen molar-refractivity contribution in [3.05, 3.63) is 30.1 Å². The van der Waals surface area contributed by atoms with Gasteiger partial charge < -0.3 is 10.1 Å². The van der Waals surface area contributed by atoms with Gasteiger partial charge in [0.05, 0.1) is 24.4 Å². The molecule has 1 aromatic heterocycles. The lowest BCUT2D eigenvalue weighted by Gasteiger charge is -2.34. The number of nitrogens with zero attached hydrogens (tertiary/aromatic N) is 4. The van der Waals surface area contributed by atoms with E-state index < -0.39 is 21.3 Å². The number of benzene rings is 1. The van der Waals surface area contributed by atoms with Crippen molar-refractivity contribution in [3.8, 4) is 0 Å². The van der Waals surface area contributed by atoms with Gasteiger partial charge in [-0.05, 0) is 31.9 Å². The molecule has 0 amide bonds. The molecule has 1 fully saturated rings. The lowest BCUT2D eigenvalue weighted by Crippen LogP contribution is -2.50. The summed E-state index contributed by atoms with van der Waals surface area (Å²) < 4.78 is 31.3. The standard InChI is InChI=1S/C22H33N5O4S/c1-15(2)20(22(28)31-5)25-21-17-8-6-7-9-18(17)23-19(24-21)14-26-10-12-27(13-11-26)32(29,30)16(3)4/h6-9,15-16,20H,10-14H2,1-5H3,(H,23,24,25)/t20-/m0/s1. The number of ether oxygens (including phenoxy) is 1. The molecule has 176 valence electrons. The summed E-state index contributed by atoms with van der Waals surface area (Å²) in [5.74, 6) is 0.886. The van der Waals surface area contributed by atoms with Crippen molar-refractivity contribution in [2.45, 2.75) is 45.5 Å². The summed E-state index contributed by atoms with van der Waals surface area (Å²) in [6, 6.07) is 7.13.